The van der Waals surface area contributed by atoms with Gasteiger partial charge in [-0.2, -0.15) is 0 Å². The second-order valence-corrected chi connectivity index (χ2v) is 5.38. The van der Waals surface area contributed by atoms with Crippen LogP contribution in [0.1, 0.15) is 25.1 Å². The Morgan fingerprint density at radius 3 is 2.90 bits per heavy atom. The molecule has 0 saturated carbocycles. The van der Waals surface area contributed by atoms with Crippen LogP contribution in [0.2, 0.25) is 0 Å². The van der Waals surface area contributed by atoms with E-state index in [-0.39, 0.29) is 12.3 Å². The molecule has 2 N–H and O–H groups in total. The van der Waals surface area contributed by atoms with E-state index in [0.29, 0.717) is 5.82 Å². The van der Waals surface area contributed by atoms with Gasteiger partial charge in [-0.15, -0.1) is 0 Å². The van der Waals surface area contributed by atoms with E-state index >= 15 is 0 Å². The molecule has 0 aliphatic heterocycles. The van der Waals surface area contributed by atoms with Crippen LogP contribution in [0.25, 0.3) is 11.3 Å². The van der Waals surface area contributed by atoms with Gasteiger partial charge >= 0.3 is 5.97 Å². The zero-order valence-corrected chi connectivity index (χ0v) is 12.8. The van der Waals surface area contributed by atoms with Crippen LogP contribution in [0.5, 0.6) is 5.75 Å². The summed E-state index contributed by atoms with van der Waals surface area (Å²) in [6.45, 7) is 1.83. The van der Waals surface area contributed by atoms with E-state index in [1.54, 1.807) is 13.3 Å². The first kappa shape index (κ1) is 14.6. The first-order chi connectivity index (χ1) is 9.51. The van der Waals surface area contributed by atoms with Gasteiger partial charge in [-0.1, -0.05) is 6.92 Å². The fourth-order valence-corrected chi connectivity index (χ4v) is 2.47. The molecule has 1 aromatic carbocycles. The molecule has 0 aliphatic rings. The predicted octanol–water partition coefficient (Wildman–Crippen LogP) is 3.43. The maximum Gasteiger partial charge on any atom is 0.304 e. The number of carboxylic acids is 1. The van der Waals surface area contributed by atoms with E-state index < -0.39 is 5.97 Å². The maximum atomic E-state index is 10.7. The van der Waals surface area contributed by atoms with Crippen LogP contribution in [0, 0.1) is 0 Å². The van der Waals surface area contributed by atoms with Crippen molar-refractivity contribution in [3.8, 4) is 17.0 Å². The smallest absolute Gasteiger partial charge is 0.304 e. The first-order valence-electron chi connectivity index (χ1n) is 6.12. The lowest BCUT2D eigenvalue weighted by atomic mass is 10.1. The van der Waals surface area contributed by atoms with Crippen molar-refractivity contribution in [2.75, 3.05) is 7.11 Å². The van der Waals surface area contributed by atoms with Gasteiger partial charge in [-0.3, -0.25) is 4.79 Å². The SMILES string of the molecule is COc1ccc(-c2cnc(C(C)CC(=O)O)[nH]2)cc1Br. The molecule has 0 fully saturated rings. The summed E-state index contributed by atoms with van der Waals surface area (Å²) in [6, 6.07) is 5.71. The zero-order chi connectivity index (χ0) is 14.7. The van der Waals surface area contributed by atoms with Gasteiger partial charge in [0.2, 0.25) is 0 Å². The molecule has 1 unspecified atom stereocenters. The van der Waals surface area contributed by atoms with Crippen LogP contribution < -0.4 is 4.74 Å². The number of rotatable bonds is 5. The van der Waals surface area contributed by atoms with Crippen molar-refractivity contribution in [3.05, 3.63) is 34.7 Å². The van der Waals surface area contributed by atoms with Crippen LogP contribution in [0.3, 0.4) is 0 Å². The van der Waals surface area contributed by atoms with Gasteiger partial charge in [-0.25, -0.2) is 4.98 Å². The Bertz CT molecular complexity index is 625. The highest BCUT2D eigenvalue weighted by molar-refractivity contribution is 9.10. The quantitative estimate of drug-likeness (QED) is 0.875. The van der Waals surface area contributed by atoms with Gasteiger partial charge in [0.15, 0.2) is 0 Å². The summed E-state index contributed by atoms with van der Waals surface area (Å²) in [6.07, 6.45) is 1.77. The van der Waals surface area contributed by atoms with Gasteiger partial charge in [0.25, 0.3) is 0 Å². The molecule has 5 nitrogen and oxygen atoms in total. The van der Waals surface area contributed by atoms with Crippen molar-refractivity contribution in [2.24, 2.45) is 0 Å². The lowest BCUT2D eigenvalue weighted by Gasteiger charge is -2.06. The van der Waals surface area contributed by atoms with E-state index in [9.17, 15) is 4.79 Å². The van der Waals surface area contributed by atoms with Gasteiger partial charge in [0.1, 0.15) is 11.6 Å². The zero-order valence-electron chi connectivity index (χ0n) is 11.2. The monoisotopic (exact) mass is 338 g/mol. The minimum absolute atomic E-state index is 0.0548. The molecule has 1 aromatic heterocycles. The number of ether oxygens (including phenoxy) is 1. The van der Waals surface area contributed by atoms with E-state index in [1.165, 1.54) is 0 Å². The molecule has 106 valence electrons. The highest BCUT2D eigenvalue weighted by Crippen LogP contribution is 2.30. The molecule has 2 aromatic rings. The fraction of sp³-hybridized carbons (Fsp3) is 0.286. The van der Waals surface area contributed by atoms with Gasteiger partial charge in [-0.05, 0) is 34.1 Å². The third-order valence-corrected chi connectivity index (χ3v) is 3.63. The summed E-state index contributed by atoms with van der Waals surface area (Å²) < 4.78 is 6.04. The molecule has 1 heterocycles. The third kappa shape index (κ3) is 3.19. The number of halogens is 1. The maximum absolute atomic E-state index is 10.7. The summed E-state index contributed by atoms with van der Waals surface area (Å²) in [4.78, 5) is 18.1. The summed E-state index contributed by atoms with van der Waals surface area (Å²) in [5, 5.41) is 8.80. The normalized spacial score (nSPS) is 12.2. The Kier molecular flexibility index (Phi) is 4.44. The van der Waals surface area contributed by atoms with E-state index in [4.69, 9.17) is 9.84 Å². The molecule has 20 heavy (non-hydrogen) atoms. The molecule has 2 rings (SSSR count). The summed E-state index contributed by atoms with van der Waals surface area (Å²) in [5.74, 6) is 0.452. The Morgan fingerprint density at radius 2 is 2.30 bits per heavy atom. The number of benzene rings is 1. The highest BCUT2D eigenvalue weighted by atomic mass is 79.9. The molecule has 0 amide bonds. The van der Waals surface area contributed by atoms with Crippen molar-refractivity contribution >= 4 is 21.9 Å². The number of imidazole rings is 1. The van der Waals surface area contributed by atoms with Crippen LogP contribution in [0.4, 0.5) is 0 Å². The standard InChI is InChI=1S/C14H15BrN2O3/c1-8(5-13(18)19)14-16-7-11(17-14)9-3-4-12(20-2)10(15)6-9/h3-4,6-8H,5H2,1-2H3,(H,16,17)(H,18,19). The van der Waals surface area contributed by atoms with Crippen molar-refractivity contribution < 1.29 is 14.6 Å². The second kappa shape index (κ2) is 6.09. The Balaban J connectivity index is 2.24. The number of H-pyrrole nitrogens is 1. The minimum Gasteiger partial charge on any atom is -0.496 e. The number of aliphatic carboxylic acids is 1. The average molecular weight is 339 g/mol. The number of hydrogen-bond donors (Lipinski definition) is 2. The number of carbonyl (C=O) groups is 1. The molecule has 0 saturated heterocycles. The topological polar surface area (TPSA) is 75.2 Å². The van der Waals surface area contributed by atoms with Gasteiger partial charge in [0, 0.05) is 11.5 Å². The number of carboxylic acid groups (broad SMARTS) is 1. The largest absolute Gasteiger partial charge is 0.496 e. The lowest BCUT2D eigenvalue weighted by molar-refractivity contribution is -0.137. The van der Waals surface area contributed by atoms with E-state index in [2.05, 4.69) is 25.9 Å². The van der Waals surface area contributed by atoms with Crippen LogP contribution >= 0.6 is 15.9 Å². The van der Waals surface area contributed by atoms with Crippen molar-refractivity contribution in [2.45, 2.75) is 19.3 Å². The summed E-state index contributed by atoms with van der Waals surface area (Å²) >= 11 is 3.44. The number of nitrogens with zero attached hydrogens (tertiary/aromatic N) is 1. The summed E-state index contributed by atoms with van der Waals surface area (Å²) in [5.41, 5.74) is 1.81. The van der Waals surface area contributed by atoms with E-state index in [1.807, 2.05) is 25.1 Å². The number of aromatic nitrogens is 2. The molecule has 0 bridgehead atoms. The first-order valence-corrected chi connectivity index (χ1v) is 6.91. The Hall–Kier alpha value is -1.82. The lowest BCUT2D eigenvalue weighted by Crippen LogP contribution is -2.04. The van der Waals surface area contributed by atoms with Crippen molar-refractivity contribution in [1.82, 2.24) is 9.97 Å². The van der Waals surface area contributed by atoms with Crippen LogP contribution in [-0.2, 0) is 4.79 Å². The predicted molar refractivity (Wildman–Crippen MR) is 78.9 cm³/mol. The summed E-state index contributed by atoms with van der Waals surface area (Å²) in [7, 11) is 1.61. The Morgan fingerprint density at radius 1 is 1.55 bits per heavy atom. The number of aromatic amines is 1. The molecule has 0 spiro atoms. The number of methoxy groups -OCH3 is 1. The number of nitrogens with one attached hydrogen (secondary N) is 1. The molecule has 1 atom stereocenters. The fourth-order valence-electron chi connectivity index (χ4n) is 1.93. The molecular weight excluding hydrogens is 324 g/mol. The highest BCUT2D eigenvalue weighted by Gasteiger charge is 2.14. The molecule has 0 aliphatic carbocycles. The molecular formula is C14H15BrN2O3. The van der Waals surface area contributed by atoms with Gasteiger partial charge in [0.05, 0.1) is 29.9 Å². The minimum atomic E-state index is -0.831. The number of hydrogen-bond acceptors (Lipinski definition) is 3. The van der Waals surface area contributed by atoms with Crippen LogP contribution in [-0.4, -0.2) is 28.2 Å². The third-order valence-electron chi connectivity index (χ3n) is 3.01. The van der Waals surface area contributed by atoms with E-state index in [0.717, 1.165) is 21.5 Å². The molecule has 0 radical (unpaired) electrons. The van der Waals surface area contributed by atoms with Crippen molar-refractivity contribution in [1.29, 1.82) is 0 Å². The second-order valence-electron chi connectivity index (χ2n) is 4.53. The van der Waals surface area contributed by atoms with Gasteiger partial charge < -0.3 is 14.8 Å². The molecule has 6 heteroatoms. The van der Waals surface area contributed by atoms with Crippen molar-refractivity contribution in [3.63, 3.8) is 0 Å². The van der Waals surface area contributed by atoms with Crippen LogP contribution in [0.15, 0.2) is 28.9 Å². The Labute approximate surface area is 125 Å². The average Bonchev–Trinajstić information content (AvgIpc) is 2.87.